The molecule has 0 aromatic carbocycles. The lowest BCUT2D eigenvalue weighted by Gasteiger charge is -2.34. The summed E-state index contributed by atoms with van der Waals surface area (Å²) in [6, 6.07) is 1.88. The first kappa shape index (κ1) is 14.0. The van der Waals surface area contributed by atoms with Crippen LogP contribution in [0.1, 0.15) is 17.4 Å². The van der Waals surface area contributed by atoms with Gasteiger partial charge in [0.2, 0.25) is 0 Å². The fourth-order valence-corrected chi connectivity index (χ4v) is 2.36. The zero-order valence-corrected chi connectivity index (χ0v) is 12.0. The third-order valence-corrected chi connectivity index (χ3v) is 3.56. The highest BCUT2D eigenvalue weighted by atomic mass is 16.2. The minimum absolute atomic E-state index is 0.0540. The fraction of sp³-hybridized carbons (Fsp3) is 0.692. The molecule has 1 aromatic rings. The number of hydrogen-bond donors (Lipinski definition) is 1. The molecule has 0 bridgehead atoms. The number of piperazine rings is 1. The Morgan fingerprint density at radius 1 is 1.37 bits per heavy atom. The van der Waals surface area contributed by atoms with E-state index in [4.69, 9.17) is 0 Å². The first-order valence-electron chi connectivity index (χ1n) is 6.76. The standard InChI is InChI=1S/C13H23N5O/c1-11(10-18-8-6-16(2)7-9-18)15-13(19)12-4-5-14-17(12)3/h4-5,11H,6-10H2,1-3H3,(H,15,19). The van der Waals surface area contributed by atoms with Gasteiger partial charge in [-0.3, -0.25) is 14.4 Å². The molecule has 1 N–H and O–H groups in total. The monoisotopic (exact) mass is 265 g/mol. The molecule has 2 rings (SSSR count). The average molecular weight is 265 g/mol. The van der Waals surface area contributed by atoms with Crippen molar-refractivity contribution in [2.45, 2.75) is 13.0 Å². The van der Waals surface area contributed by atoms with Gasteiger partial charge in [-0.2, -0.15) is 5.10 Å². The van der Waals surface area contributed by atoms with Crippen LogP contribution in [-0.2, 0) is 7.05 Å². The molecule has 0 saturated carbocycles. The van der Waals surface area contributed by atoms with Gasteiger partial charge in [-0.1, -0.05) is 0 Å². The second-order valence-electron chi connectivity index (χ2n) is 5.32. The van der Waals surface area contributed by atoms with Crippen LogP contribution in [0.25, 0.3) is 0 Å². The summed E-state index contributed by atoms with van der Waals surface area (Å²) in [4.78, 5) is 16.8. The number of carbonyl (C=O) groups is 1. The Kier molecular flexibility index (Phi) is 4.55. The van der Waals surface area contributed by atoms with Crippen LogP contribution in [0.5, 0.6) is 0 Å². The van der Waals surface area contributed by atoms with E-state index in [1.54, 1.807) is 24.0 Å². The summed E-state index contributed by atoms with van der Waals surface area (Å²) in [5.74, 6) is -0.0540. The van der Waals surface area contributed by atoms with Crippen LogP contribution in [0.15, 0.2) is 12.3 Å². The van der Waals surface area contributed by atoms with Crippen molar-refractivity contribution in [1.29, 1.82) is 0 Å². The molecule has 106 valence electrons. The summed E-state index contributed by atoms with van der Waals surface area (Å²) in [6.07, 6.45) is 1.64. The minimum Gasteiger partial charge on any atom is -0.347 e. The van der Waals surface area contributed by atoms with Gasteiger partial charge in [0.05, 0.1) is 0 Å². The van der Waals surface area contributed by atoms with Crippen LogP contribution >= 0.6 is 0 Å². The second-order valence-corrected chi connectivity index (χ2v) is 5.32. The largest absolute Gasteiger partial charge is 0.347 e. The van der Waals surface area contributed by atoms with Crippen molar-refractivity contribution in [2.75, 3.05) is 39.8 Å². The Morgan fingerprint density at radius 3 is 2.63 bits per heavy atom. The predicted molar refractivity (Wildman–Crippen MR) is 74.1 cm³/mol. The molecule has 1 atom stereocenters. The lowest BCUT2D eigenvalue weighted by molar-refractivity contribution is 0.0905. The third kappa shape index (κ3) is 3.78. The lowest BCUT2D eigenvalue weighted by atomic mass is 10.2. The summed E-state index contributed by atoms with van der Waals surface area (Å²) in [5.41, 5.74) is 0.602. The molecule has 0 spiro atoms. The van der Waals surface area contributed by atoms with Crippen molar-refractivity contribution in [3.8, 4) is 0 Å². The van der Waals surface area contributed by atoms with E-state index in [1.165, 1.54) is 0 Å². The number of nitrogens with one attached hydrogen (secondary N) is 1. The number of amides is 1. The number of aryl methyl sites for hydroxylation is 1. The minimum atomic E-state index is -0.0540. The number of nitrogens with zero attached hydrogens (tertiary/aromatic N) is 4. The molecular formula is C13H23N5O. The first-order chi connectivity index (χ1) is 9.06. The molecular weight excluding hydrogens is 242 g/mol. The highest BCUT2D eigenvalue weighted by Crippen LogP contribution is 2.02. The van der Waals surface area contributed by atoms with Crippen molar-refractivity contribution in [3.63, 3.8) is 0 Å². The van der Waals surface area contributed by atoms with Crippen LogP contribution in [0, 0.1) is 0 Å². The Balaban J connectivity index is 1.80. The molecule has 6 nitrogen and oxygen atoms in total. The van der Waals surface area contributed by atoms with Gasteiger partial charge in [0.25, 0.3) is 5.91 Å². The molecule has 6 heteroatoms. The van der Waals surface area contributed by atoms with E-state index in [2.05, 4.69) is 27.3 Å². The Hall–Kier alpha value is -1.40. The van der Waals surface area contributed by atoms with Gasteiger partial charge >= 0.3 is 0 Å². The molecule has 1 aliphatic rings. The van der Waals surface area contributed by atoms with Gasteiger partial charge < -0.3 is 10.2 Å². The SMILES string of the molecule is CC(CN1CCN(C)CC1)NC(=O)c1ccnn1C. The Morgan fingerprint density at radius 2 is 2.05 bits per heavy atom. The lowest BCUT2D eigenvalue weighted by Crippen LogP contribution is -2.49. The summed E-state index contributed by atoms with van der Waals surface area (Å²) in [5, 5.41) is 7.04. The van der Waals surface area contributed by atoms with Gasteiger partial charge in [-0.25, -0.2) is 0 Å². The van der Waals surface area contributed by atoms with Gasteiger partial charge in [-0.15, -0.1) is 0 Å². The van der Waals surface area contributed by atoms with Crippen molar-refractivity contribution in [1.82, 2.24) is 24.9 Å². The average Bonchev–Trinajstić information content (AvgIpc) is 2.78. The van der Waals surface area contributed by atoms with Crippen LogP contribution in [-0.4, -0.2) is 71.3 Å². The Bertz CT molecular complexity index is 422. The highest BCUT2D eigenvalue weighted by molar-refractivity contribution is 5.92. The maximum atomic E-state index is 12.0. The van der Waals surface area contributed by atoms with E-state index in [1.807, 2.05) is 6.92 Å². The van der Waals surface area contributed by atoms with Crippen molar-refractivity contribution in [3.05, 3.63) is 18.0 Å². The first-order valence-corrected chi connectivity index (χ1v) is 6.76. The molecule has 0 radical (unpaired) electrons. The number of aromatic nitrogens is 2. The number of rotatable bonds is 4. The summed E-state index contributed by atoms with van der Waals surface area (Å²) < 4.78 is 1.60. The van der Waals surface area contributed by atoms with Crippen LogP contribution < -0.4 is 5.32 Å². The maximum absolute atomic E-state index is 12.0. The summed E-state index contributed by atoms with van der Waals surface area (Å²) in [6.45, 7) is 7.29. The summed E-state index contributed by atoms with van der Waals surface area (Å²) in [7, 11) is 3.92. The van der Waals surface area contributed by atoms with Crippen molar-refractivity contribution in [2.24, 2.45) is 7.05 Å². The van der Waals surface area contributed by atoms with Gasteiger partial charge in [0.1, 0.15) is 5.69 Å². The van der Waals surface area contributed by atoms with E-state index < -0.39 is 0 Å². The molecule has 19 heavy (non-hydrogen) atoms. The number of carbonyl (C=O) groups excluding carboxylic acids is 1. The quantitative estimate of drug-likeness (QED) is 0.818. The van der Waals surface area contributed by atoms with Crippen molar-refractivity contribution >= 4 is 5.91 Å². The van der Waals surface area contributed by atoms with E-state index in [0.717, 1.165) is 32.7 Å². The maximum Gasteiger partial charge on any atom is 0.269 e. The molecule has 1 aromatic heterocycles. The molecule has 0 aliphatic carbocycles. The third-order valence-electron chi connectivity index (χ3n) is 3.56. The van der Waals surface area contributed by atoms with Crippen LogP contribution in [0.2, 0.25) is 0 Å². The highest BCUT2D eigenvalue weighted by Gasteiger charge is 2.18. The molecule has 2 heterocycles. The molecule has 1 fully saturated rings. The van der Waals surface area contributed by atoms with Gasteiger partial charge in [0, 0.05) is 52.0 Å². The molecule has 1 saturated heterocycles. The van der Waals surface area contributed by atoms with E-state index in [-0.39, 0.29) is 11.9 Å². The predicted octanol–water partition coefficient (Wildman–Crippen LogP) is -0.214. The topological polar surface area (TPSA) is 53.4 Å². The molecule has 1 amide bonds. The molecule has 1 unspecified atom stereocenters. The smallest absolute Gasteiger partial charge is 0.269 e. The normalized spacial score (nSPS) is 19.3. The van der Waals surface area contributed by atoms with Crippen LogP contribution in [0.4, 0.5) is 0 Å². The Labute approximate surface area is 114 Å². The second kappa shape index (κ2) is 6.16. The summed E-state index contributed by atoms with van der Waals surface area (Å²) >= 11 is 0. The zero-order chi connectivity index (χ0) is 13.8. The number of hydrogen-bond acceptors (Lipinski definition) is 4. The van der Waals surface area contributed by atoms with Gasteiger partial charge in [-0.05, 0) is 20.0 Å². The zero-order valence-electron chi connectivity index (χ0n) is 12.0. The fourth-order valence-electron chi connectivity index (χ4n) is 2.36. The van der Waals surface area contributed by atoms with E-state index >= 15 is 0 Å². The van der Waals surface area contributed by atoms with E-state index in [0.29, 0.717) is 5.69 Å². The van der Waals surface area contributed by atoms with Crippen molar-refractivity contribution < 1.29 is 4.79 Å². The van der Waals surface area contributed by atoms with Gasteiger partial charge in [0.15, 0.2) is 0 Å². The number of likely N-dealkylation sites (N-methyl/N-ethyl adjacent to an activating group) is 1. The van der Waals surface area contributed by atoms with E-state index in [9.17, 15) is 4.79 Å². The molecule has 1 aliphatic heterocycles. The van der Waals surface area contributed by atoms with Crippen LogP contribution in [0.3, 0.4) is 0 Å².